The van der Waals surface area contributed by atoms with E-state index in [9.17, 15) is 14.3 Å². The number of piperazine rings is 1. The maximum Gasteiger partial charge on any atom is 0.254 e. The fourth-order valence-corrected chi connectivity index (χ4v) is 3.08. The van der Waals surface area contributed by atoms with Gasteiger partial charge in [-0.1, -0.05) is 0 Å². The smallest absolute Gasteiger partial charge is 0.254 e. The molecule has 2 heterocycles. The van der Waals surface area contributed by atoms with Crippen LogP contribution in [0.25, 0.3) is 5.69 Å². The van der Waals surface area contributed by atoms with Crippen LogP contribution >= 0.6 is 0 Å². The number of rotatable bonds is 4. The lowest BCUT2D eigenvalue weighted by Crippen LogP contribution is -2.52. The molecule has 0 saturated carbocycles. The van der Waals surface area contributed by atoms with E-state index in [4.69, 9.17) is 0 Å². The number of benzene rings is 1. The van der Waals surface area contributed by atoms with E-state index in [1.165, 1.54) is 10.7 Å². The van der Waals surface area contributed by atoms with Crippen molar-refractivity contribution < 1.29 is 14.3 Å². The fraction of sp³-hybridized carbons (Fsp3) is 0.444. The Morgan fingerprint density at radius 3 is 2.56 bits per heavy atom. The van der Waals surface area contributed by atoms with E-state index < -0.39 is 11.4 Å². The zero-order valence-electron chi connectivity index (χ0n) is 14.5. The molecule has 1 N–H and O–H groups in total. The standard InChI is InChI=1S/C18H23FN4O2/c1-18(2,25)13-21-8-10-22(11-9-21)17(24)14-4-5-16(15(19)12-14)23-7-3-6-20-23/h3-7,12,25H,8-11,13H2,1-2H3. The van der Waals surface area contributed by atoms with Gasteiger partial charge in [-0.3, -0.25) is 9.69 Å². The molecule has 1 aliphatic rings. The monoisotopic (exact) mass is 346 g/mol. The number of carbonyl (C=O) groups excluding carboxylic acids is 1. The number of halogens is 1. The summed E-state index contributed by atoms with van der Waals surface area (Å²) in [5.74, 6) is -0.649. The van der Waals surface area contributed by atoms with Gasteiger partial charge in [0.05, 0.1) is 5.60 Å². The summed E-state index contributed by atoms with van der Waals surface area (Å²) in [6, 6.07) is 6.18. The Morgan fingerprint density at radius 1 is 1.28 bits per heavy atom. The van der Waals surface area contributed by atoms with Crippen molar-refractivity contribution in [2.24, 2.45) is 0 Å². The zero-order valence-corrected chi connectivity index (χ0v) is 14.5. The van der Waals surface area contributed by atoms with Crippen LogP contribution in [-0.4, -0.2) is 68.9 Å². The van der Waals surface area contributed by atoms with Gasteiger partial charge < -0.3 is 10.0 Å². The molecule has 1 fully saturated rings. The number of aromatic nitrogens is 2. The maximum absolute atomic E-state index is 14.3. The molecule has 1 aliphatic heterocycles. The molecule has 7 heteroatoms. The largest absolute Gasteiger partial charge is 0.389 e. The molecule has 0 bridgehead atoms. The normalized spacial score (nSPS) is 16.2. The van der Waals surface area contributed by atoms with Crippen LogP contribution in [-0.2, 0) is 0 Å². The van der Waals surface area contributed by atoms with Crippen molar-refractivity contribution in [2.75, 3.05) is 32.7 Å². The van der Waals surface area contributed by atoms with Crippen LogP contribution in [0, 0.1) is 5.82 Å². The number of hydrogen-bond donors (Lipinski definition) is 1. The van der Waals surface area contributed by atoms with E-state index in [0.717, 1.165) is 0 Å². The van der Waals surface area contributed by atoms with Gasteiger partial charge in [-0.25, -0.2) is 9.07 Å². The minimum Gasteiger partial charge on any atom is -0.389 e. The van der Waals surface area contributed by atoms with Crippen molar-refractivity contribution >= 4 is 5.91 Å². The van der Waals surface area contributed by atoms with E-state index >= 15 is 0 Å². The van der Waals surface area contributed by atoms with E-state index in [-0.39, 0.29) is 5.91 Å². The molecule has 0 unspecified atom stereocenters. The van der Waals surface area contributed by atoms with Crippen molar-refractivity contribution in [1.29, 1.82) is 0 Å². The van der Waals surface area contributed by atoms with Crippen molar-refractivity contribution in [3.63, 3.8) is 0 Å². The molecule has 1 saturated heterocycles. The zero-order chi connectivity index (χ0) is 18.0. The quantitative estimate of drug-likeness (QED) is 0.912. The summed E-state index contributed by atoms with van der Waals surface area (Å²) < 4.78 is 15.8. The molecule has 1 aromatic carbocycles. The molecule has 0 atom stereocenters. The molecule has 2 aromatic rings. The molecule has 25 heavy (non-hydrogen) atoms. The van der Waals surface area contributed by atoms with E-state index in [0.29, 0.717) is 44.0 Å². The van der Waals surface area contributed by atoms with Gasteiger partial charge in [-0.05, 0) is 38.1 Å². The summed E-state index contributed by atoms with van der Waals surface area (Å²) in [7, 11) is 0. The van der Waals surface area contributed by atoms with Crippen LogP contribution in [0.15, 0.2) is 36.7 Å². The number of hydrogen-bond acceptors (Lipinski definition) is 4. The van der Waals surface area contributed by atoms with E-state index in [1.807, 2.05) is 0 Å². The Morgan fingerprint density at radius 2 is 2.00 bits per heavy atom. The van der Waals surface area contributed by atoms with Crippen LogP contribution in [0.2, 0.25) is 0 Å². The number of aliphatic hydroxyl groups is 1. The molecule has 0 spiro atoms. The van der Waals surface area contributed by atoms with Gasteiger partial charge in [-0.15, -0.1) is 0 Å². The lowest BCUT2D eigenvalue weighted by molar-refractivity contribution is 0.0178. The Hall–Kier alpha value is -2.25. The minimum atomic E-state index is -0.752. The van der Waals surface area contributed by atoms with Crippen LogP contribution in [0.5, 0.6) is 0 Å². The van der Waals surface area contributed by atoms with Crippen LogP contribution < -0.4 is 0 Å². The van der Waals surface area contributed by atoms with Gasteiger partial charge in [-0.2, -0.15) is 5.10 Å². The minimum absolute atomic E-state index is 0.172. The average Bonchev–Trinajstić information content (AvgIpc) is 3.07. The summed E-state index contributed by atoms with van der Waals surface area (Å²) >= 11 is 0. The molecule has 0 radical (unpaired) electrons. The molecule has 3 rings (SSSR count). The molecule has 1 amide bonds. The van der Waals surface area contributed by atoms with Crippen molar-refractivity contribution in [2.45, 2.75) is 19.4 Å². The number of amides is 1. The van der Waals surface area contributed by atoms with Gasteiger partial charge >= 0.3 is 0 Å². The number of β-amino-alcohol motifs (C(OH)–C–C–N with tert-alkyl or cyclic N) is 1. The topological polar surface area (TPSA) is 61.6 Å². The van der Waals surface area contributed by atoms with Crippen molar-refractivity contribution in [1.82, 2.24) is 19.6 Å². The maximum atomic E-state index is 14.3. The molecular formula is C18H23FN4O2. The first-order chi connectivity index (χ1) is 11.8. The first-order valence-electron chi connectivity index (χ1n) is 8.37. The third-order valence-corrected chi connectivity index (χ3v) is 4.22. The highest BCUT2D eigenvalue weighted by Gasteiger charge is 2.26. The van der Waals surface area contributed by atoms with Crippen LogP contribution in [0.1, 0.15) is 24.2 Å². The molecule has 0 aliphatic carbocycles. The lowest BCUT2D eigenvalue weighted by atomic mass is 10.1. The number of nitrogens with zero attached hydrogens (tertiary/aromatic N) is 4. The molecule has 134 valence electrons. The second-order valence-electron chi connectivity index (χ2n) is 7.00. The van der Waals surface area contributed by atoms with Gasteiger partial charge in [0.25, 0.3) is 5.91 Å². The van der Waals surface area contributed by atoms with Gasteiger partial charge in [0.2, 0.25) is 0 Å². The third kappa shape index (κ3) is 4.24. The highest BCUT2D eigenvalue weighted by molar-refractivity contribution is 5.94. The van der Waals surface area contributed by atoms with Gasteiger partial charge in [0, 0.05) is 50.7 Å². The van der Waals surface area contributed by atoms with E-state index in [2.05, 4.69) is 10.00 Å². The summed E-state index contributed by atoms with van der Waals surface area (Å²) in [5, 5.41) is 13.9. The SMILES string of the molecule is CC(C)(O)CN1CCN(C(=O)c2ccc(-n3cccn3)c(F)c2)CC1. The predicted molar refractivity (Wildman–Crippen MR) is 92.2 cm³/mol. The molecule has 6 nitrogen and oxygen atoms in total. The van der Waals surface area contributed by atoms with Crippen molar-refractivity contribution in [3.05, 3.63) is 48.0 Å². The second kappa shape index (κ2) is 6.93. The third-order valence-electron chi connectivity index (χ3n) is 4.22. The highest BCUT2D eigenvalue weighted by Crippen LogP contribution is 2.17. The lowest BCUT2D eigenvalue weighted by Gasteiger charge is -2.37. The van der Waals surface area contributed by atoms with Gasteiger partial charge in [0.1, 0.15) is 11.5 Å². The fourth-order valence-electron chi connectivity index (χ4n) is 3.08. The Balaban J connectivity index is 1.65. The summed E-state index contributed by atoms with van der Waals surface area (Å²) in [4.78, 5) is 16.5. The first kappa shape index (κ1) is 17.6. The highest BCUT2D eigenvalue weighted by atomic mass is 19.1. The summed E-state index contributed by atoms with van der Waals surface area (Å²) in [5.41, 5.74) is -0.0987. The average molecular weight is 346 g/mol. The Labute approximate surface area is 146 Å². The summed E-state index contributed by atoms with van der Waals surface area (Å²) in [6.07, 6.45) is 3.23. The Kier molecular flexibility index (Phi) is 4.87. The van der Waals surface area contributed by atoms with Gasteiger partial charge in [0.15, 0.2) is 0 Å². The number of carbonyl (C=O) groups is 1. The van der Waals surface area contributed by atoms with Crippen LogP contribution in [0.4, 0.5) is 4.39 Å². The first-order valence-corrected chi connectivity index (χ1v) is 8.37. The van der Waals surface area contributed by atoms with E-state index in [1.54, 1.807) is 49.3 Å². The van der Waals surface area contributed by atoms with Crippen LogP contribution in [0.3, 0.4) is 0 Å². The molecule has 1 aromatic heterocycles. The second-order valence-corrected chi connectivity index (χ2v) is 7.00. The van der Waals surface area contributed by atoms with Crippen molar-refractivity contribution in [3.8, 4) is 5.69 Å². The Bertz CT molecular complexity index is 732. The summed E-state index contributed by atoms with van der Waals surface area (Å²) in [6.45, 7) is 6.65. The molecular weight excluding hydrogens is 323 g/mol. The predicted octanol–water partition coefficient (Wildman–Crippen LogP) is 1.54.